The summed E-state index contributed by atoms with van der Waals surface area (Å²) in [6.07, 6.45) is 1.24. The minimum atomic E-state index is -2.80. The van der Waals surface area contributed by atoms with Crippen LogP contribution in [0.2, 0.25) is 0 Å². The monoisotopic (exact) mass is 248 g/mol. The molecule has 0 saturated carbocycles. The first-order valence-electron chi connectivity index (χ1n) is 6.21. The Labute approximate surface area is 99.3 Å². The van der Waals surface area contributed by atoms with Gasteiger partial charge in [0.05, 0.1) is 5.75 Å². The van der Waals surface area contributed by atoms with E-state index in [1.54, 1.807) is 6.92 Å². The molecule has 1 atom stereocenters. The molecule has 1 heterocycles. The van der Waals surface area contributed by atoms with Gasteiger partial charge in [0.15, 0.2) is 9.84 Å². The van der Waals surface area contributed by atoms with E-state index in [0.29, 0.717) is 12.5 Å². The third-order valence-electron chi connectivity index (χ3n) is 3.28. The van der Waals surface area contributed by atoms with Gasteiger partial charge in [0.1, 0.15) is 0 Å². The summed E-state index contributed by atoms with van der Waals surface area (Å²) in [4.78, 5) is 2.44. The van der Waals surface area contributed by atoms with E-state index < -0.39 is 9.84 Å². The van der Waals surface area contributed by atoms with Gasteiger partial charge in [-0.3, -0.25) is 0 Å². The molecule has 0 aromatic heterocycles. The summed E-state index contributed by atoms with van der Waals surface area (Å²) in [5.41, 5.74) is 0. The average molecular weight is 248 g/mol. The van der Waals surface area contributed by atoms with Gasteiger partial charge in [-0.15, -0.1) is 0 Å². The molecule has 4 nitrogen and oxygen atoms in total. The van der Waals surface area contributed by atoms with Crippen LogP contribution in [0, 0.1) is 5.92 Å². The minimum absolute atomic E-state index is 0.252. The van der Waals surface area contributed by atoms with Crippen molar-refractivity contribution in [2.45, 2.75) is 20.3 Å². The first kappa shape index (κ1) is 13.9. The van der Waals surface area contributed by atoms with Crippen LogP contribution >= 0.6 is 0 Å². The van der Waals surface area contributed by atoms with Crippen molar-refractivity contribution in [2.75, 3.05) is 44.2 Å². The number of nitrogens with one attached hydrogen (secondary N) is 1. The number of hydrogen-bond acceptors (Lipinski definition) is 4. The molecule has 96 valence electrons. The first-order chi connectivity index (χ1) is 7.57. The molecule has 0 aliphatic carbocycles. The topological polar surface area (TPSA) is 49.4 Å². The number of rotatable bonds is 7. The molecular weight excluding hydrogens is 224 g/mol. The molecule has 1 saturated heterocycles. The van der Waals surface area contributed by atoms with Crippen LogP contribution in [0.25, 0.3) is 0 Å². The van der Waals surface area contributed by atoms with E-state index >= 15 is 0 Å². The van der Waals surface area contributed by atoms with E-state index in [1.807, 2.05) is 0 Å². The quantitative estimate of drug-likeness (QED) is 0.661. The predicted octanol–water partition coefficient (Wildman–Crippen LogP) is 0.353. The van der Waals surface area contributed by atoms with Gasteiger partial charge in [0.2, 0.25) is 0 Å². The third kappa shape index (κ3) is 4.80. The maximum Gasteiger partial charge on any atom is 0.151 e. The molecule has 1 rings (SSSR count). The summed E-state index contributed by atoms with van der Waals surface area (Å²) in [6, 6.07) is 0. The maximum absolute atomic E-state index is 11.2. The normalized spacial score (nSPS) is 22.8. The Morgan fingerprint density at radius 2 is 2.12 bits per heavy atom. The lowest BCUT2D eigenvalue weighted by atomic mass is 10.1. The average Bonchev–Trinajstić information content (AvgIpc) is 2.72. The molecule has 0 aromatic rings. The van der Waals surface area contributed by atoms with E-state index in [1.165, 1.54) is 13.0 Å². The Morgan fingerprint density at radius 3 is 2.69 bits per heavy atom. The standard InChI is InChI=1S/C11H24N2O2S/c1-3-13-7-5-11(10-13)9-12-6-8-16(14,15)4-2/h11-12H,3-10H2,1-2H3. The molecule has 16 heavy (non-hydrogen) atoms. The fraction of sp³-hybridized carbons (Fsp3) is 1.00. The number of sulfone groups is 1. The molecular formula is C11H24N2O2S. The van der Waals surface area contributed by atoms with Crippen molar-refractivity contribution in [1.82, 2.24) is 10.2 Å². The number of likely N-dealkylation sites (tertiary alicyclic amines) is 1. The summed E-state index contributed by atoms with van der Waals surface area (Å²) < 4.78 is 22.5. The fourth-order valence-electron chi connectivity index (χ4n) is 2.04. The zero-order valence-corrected chi connectivity index (χ0v) is 11.2. The van der Waals surface area contributed by atoms with Gasteiger partial charge in [0, 0.05) is 18.8 Å². The molecule has 0 spiro atoms. The highest BCUT2D eigenvalue weighted by atomic mass is 32.2. The van der Waals surface area contributed by atoms with Crippen LogP contribution < -0.4 is 5.32 Å². The van der Waals surface area contributed by atoms with Gasteiger partial charge in [-0.25, -0.2) is 8.42 Å². The van der Waals surface area contributed by atoms with Crippen molar-refractivity contribution in [1.29, 1.82) is 0 Å². The Balaban J connectivity index is 2.08. The molecule has 0 bridgehead atoms. The van der Waals surface area contributed by atoms with Crippen LogP contribution in [0.15, 0.2) is 0 Å². The lowest BCUT2D eigenvalue weighted by Crippen LogP contribution is -2.30. The highest BCUT2D eigenvalue weighted by Crippen LogP contribution is 2.14. The molecule has 5 heteroatoms. The van der Waals surface area contributed by atoms with Crippen molar-refractivity contribution in [3.05, 3.63) is 0 Å². The van der Waals surface area contributed by atoms with Crippen LogP contribution in [0.5, 0.6) is 0 Å². The Kier molecular flexibility index (Phi) is 5.72. The van der Waals surface area contributed by atoms with Crippen molar-refractivity contribution in [2.24, 2.45) is 5.92 Å². The second kappa shape index (κ2) is 6.57. The van der Waals surface area contributed by atoms with Gasteiger partial charge in [-0.1, -0.05) is 13.8 Å². The zero-order valence-electron chi connectivity index (χ0n) is 10.4. The molecule has 1 unspecified atom stereocenters. The van der Waals surface area contributed by atoms with Crippen LogP contribution in [0.1, 0.15) is 20.3 Å². The molecule has 1 aliphatic heterocycles. The maximum atomic E-state index is 11.2. The molecule has 1 aliphatic rings. The van der Waals surface area contributed by atoms with Crippen LogP contribution in [-0.4, -0.2) is 57.5 Å². The smallest absolute Gasteiger partial charge is 0.151 e. The predicted molar refractivity (Wildman–Crippen MR) is 67.4 cm³/mol. The van der Waals surface area contributed by atoms with Crippen LogP contribution in [-0.2, 0) is 9.84 Å². The molecule has 0 radical (unpaired) electrons. The lowest BCUT2D eigenvalue weighted by molar-refractivity contribution is 0.339. The van der Waals surface area contributed by atoms with Crippen molar-refractivity contribution in [3.8, 4) is 0 Å². The van der Waals surface area contributed by atoms with Gasteiger partial charge >= 0.3 is 0 Å². The Hall–Kier alpha value is -0.130. The SMILES string of the molecule is CCN1CCC(CNCCS(=O)(=O)CC)C1. The fourth-order valence-corrected chi connectivity index (χ4v) is 2.79. The lowest BCUT2D eigenvalue weighted by Gasteiger charge is -2.13. The summed E-state index contributed by atoms with van der Waals surface area (Å²) in [5, 5.41) is 3.26. The summed E-state index contributed by atoms with van der Waals surface area (Å²) >= 11 is 0. The van der Waals surface area contributed by atoms with Crippen molar-refractivity contribution >= 4 is 9.84 Å². The largest absolute Gasteiger partial charge is 0.315 e. The molecule has 1 fully saturated rings. The summed E-state index contributed by atoms with van der Waals surface area (Å²) in [6.45, 7) is 8.91. The van der Waals surface area contributed by atoms with E-state index in [0.717, 1.165) is 19.6 Å². The van der Waals surface area contributed by atoms with Gasteiger partial charge < -0.3 is 10.2 Å². The van der Waals surface area contributed by atoms with E-state index in [2.05, 4.69) is 17.1 Å². The van der Waals surface area contributed by atoms with Gasteiger partial charge in [-0.2, -0.15) is 0 Å². The van der Waals surface area contributed by atoms with Gasteiger partial charge in [0.25, 0.3) is 0 Å². The highest BCUT2D eigenvalue weighted by molar-refractivity contribution is 7.91. The summed E-state index contributed by atoms with van der Waals surface area (Å²) in [7, 11) is -2.80. The van der Waals surface area contributed by atoms with E-state index in [9.17, 15) is 8.42 Å². The highest BCUT2D eigenvalue weighted by Gasteiger charge is 2.20. The van der Waals surface area contributed by atoms with E-state index in [4.69, 9.17) is 0 Å². The van der Waals surface area contributed by atoms with Crippen molar-refractivity contribution < 1.29 is 8.42 Å². The van der Waals surface area contributed by atoms with Crippen molar-refractivity contribution in [3.63, 3.8) is 0 Å². The second-order valence-electron chi connectivity index (χ2n) is 4.49. The molecule has 0 amide bonds. The van der Waals surface area contributed by atoms with Crippen LogP contribution in [0.3, 0.4) is 0 Å². The number of hydrogen-bond donors (Lipinski definition) is 1. The molecule has 0 aromatic carbocycles. The first-order valence-corrected chi connectivity index (χ1v) is 8.03. The minimum Gasteiger partial charge on any atom is -0.315 e. The second-order valence-corrected chi connectivity index (χ2v) is 6.96. The third-order valence-corrected chi connectivity index (χ3v) is 4.99. The zero-order chi connectivity index (χ0) is 12.0. The number of nitrogens with zero attached hydrogens (tertiary/aromatic N) is 1. The molecule has 1 N–H and O–H groups in total. The summed E-state index contributed by atoms with van der Waals surface area (Å²) in [5.74, 6) is 1.22. The van der Waals surface area contributed by atoms with Crippen LogP contribution in [0.4, 0.5) is 0 Å². The Morgan fingerprint density at radius 1 is 1.38 bits per heavy atom. The van der Waals surface area contributed by atoms with Gasteiger partial charge in [-0.05, 0) is 32.0 Å². The Bertz CT molecular complexity index is 290. The van der Waals surface area contributed by atoms with E-state index in [-0.39, 0.29) is 11.5 Å².